The lowest BCUT2D eigenvalue weighted by molar-refractivity contribution is 0.196. The van der Waals surface area contributed by atoms with E-state index in [4.69, 9.17) is 0 Å². The molecular weight excluding hydrogens is 263 g/mol. The van der Waals surface area contributed by atoms with Crippen molar-refractivity contribution in [1.82, 2.24) is 9.78 Å². The van der Waals surface area contributed by atoms with Gasteiger partial charge < -0.3 is 5.11 Å². The van der Waals surface area contributed by atoms with Crippen molar-refractivity contribution in [3.63, 3.8) is 0 Å². The van der Waals surface area contributed by atoms with Crippen molar-refractivity contribution in [2.45, 2.75) is 36.8 Å². The van der Waals surface area contributed by atoms with E-state index in [-0.39, 0.29) is 5.82 Å². The Morgan fingerprint density at radius 1 is 1.32 bits per heavy atom. The number of aromatic nitrogens is 2. The highest BCUT2D eigenvalue weighted by Crippen LogP contribution is 2.35. The fraction of sp³-hybridized carbons (Fsp3) is 0.357. The highest BCUT2D eigenvalue weighted by atomic mass is 32.2. The van der Waals surface area contributed by atoms with E-state index < -0.39 is 6.10 Å². The zero-order valence-electron chi connectivity index (χ0n) is 11.4. The van der Waals surface area contributed by atoms with E-state index in [1.165, 1.54) is 17.8 Å². The van der Waals surface area contributed by atoms with Crippen LogP contribution in [0.2, 0.25) is 0 Å². The molecule has 0 aliphatic carbocycles. The van der Waals surface area contributed by atoms with Crippen LogP contribution in [0.1, 0.15) is 29.8 Å². The molecule has 0 unspecified atom stereocenters. The third-order valence-corrected chi connectivity index (χ3v) is 4.08. The molecule has 1 aromatic heterocycles. The zero-order chi connectivity index (χ0) is 14.2. The van der Waals surface area contributed by atoms with E-state index in [1.54, 1.807) is 24.6 Å². The number of aliphatic hydroxyl groups is 1. The summed E-state index contributed by atoms with van der Waals surface area (Å²) in [4.78, 5) is 0.858. The molecule has 0 radical (unpaired) electrons. The van der Waals surface area contributed by atoms with Gasteiger partial charge in [-0.15, -0.1) is 0 Å². The first kappa shape index (κ1) is 14.1. The van der Waals surface area contributed by atoms with Crippen molar-refractivity contribution < 1.29 is 9.50 Å². The van der Waals surface area contributed by atoms with Crippen LogP contribution in [0, 0.1) is 19.7 Å². The molecule has 3 nitrogen and oxygen atoms in total. The second kappa shape index (κ2) is 5.35. The van der Waals surface area contributed by atoms with Gasteiger partial charge in [0, 0.05) is 11.9 Å². The first-order valence-electron chi connectivity index (χ1n) is 6.05. The lowest BCUT2D eigenvalue weighted by atomic mass is 10.1. The lowest BCUT2D eigenvalue weighted by Crippen LogP contribution is -1.99. The van der Waals surface area contributed by atoms with Crippen molar-refractivity contribution in [3.05, 3.63) is 40.8 Å². The third-order valence-electron chi connectivity index (χ3n) is 2.91. The molecule has 2 aromatic rings. The number of nitrogens with zero attached hydrogens (tertiary/aromatic N) is 2. The van der Waals surface area contributed by atoms with Gasteiger partial charge in [-0.2, -0.15) is 5.10 Å². The molecule has 0 spiro atoms. The summed E-state index contributed by atoms with van der Waals surface area (Å²) < 4.78 is 15.4. The van der Waals surface area contributed by atoms with Crippen molar-refractivity contribution in [3.8, 4) is 0 Å². The molecular formula is C14H17FN2OS. The van der Waals surface area contributed by atoms with Crippen LogP contribution in [0.25, 0.3) is 0 Å². The molecule has 1 aromatic carbocycles. The van der Waals surface area contributed by atoms with Gasteiger partial charge >= 0.3 is 0 Å². The molecule has 1 N–H and O–H groups in total. The van der Waals surface area contributed by atoms with Crippen LogP contribution < -0.4 is 0 Å². The van der Waals surface area contributed by atoms with Gasteiger partial charge in [0.25, 0.3) is 0 Å². The number of aliphatic hydroxyl groups excluding tert-OH is 1. The van der Waals surface area contributed by atoms with Crippen LogP contribution in [0.3, 0.4) is 0 Å². The Morgan fingerprint density at radius 3 is 2.53 bits per heavy atom. The van der Waals surface area contributed by atoms with Gasteiger partial charge in [0.2, 0.25) is 0 Å². The highest BCUT2D eigenvalue weighted by Gasteiger charge is 2.14. The van der Waals surface area contributed by atoms with Crippen LogP contribution in [0.15, 0.2) is 28.1 Å². The lowest BCUT2D eigenvalue weighted by Gasteiger charge is -2.13. The number of hydrogen-bond acceptors (Lipinski definition) is 3. The first-order valence-corrected chi connectivity index (χ1v) is 6.86. The monoisotopic (exact) mass is 280 g/mol. The van der Waals surface area contributed by atoms with Crippen LogP contribution in [-0.4, -0.2) is 14.9 Å². The highest BCUT2D eigenvalue weighted by molar-refractivity contribution is 7.99. The topological polar surface area (TPSA) is 38.0 Å². The largest absolute Gasteiger partial charge is 0.389 e. The summed E-state index contributed by atoms with van der Waals surface area (Å²) in [5.41, 5.74) is 2.11. The van der Waals surface area contributed by atoms with Gasteiger partial charge in [-0.25, -0.2) is 4.39 Å². The van der Waals surface area contributed by atoms with Crippen molar-refractivity contribution in [2.24, 2.45) is 7.05 Å². The van der Waals surface area contributed by atoms with E-state index in [2.05, 4.69) is 5.10 Å². The summed E-state index contributed by atoms with van der Waals surface area (Å²) in [7, 11) is 1.87. The molecule has 2 rings (SSSR count). The summed E-state index contributed by atoms with van der Waals surface area (Å²) >= 11 is 1.49. The SMILES string of the molecule is Cc1cc(Sc2cc(C)c(F)cc2[C@@H](C)O)n(C)n1. The minimum atomic E-state index is -0.702. The number of hydrogen-bond donors (Lipinski definition) is 1. The maximum Gasteiger partial charge on any atom is 0.126 e. The van der Waals surface area contributed by atoms with Crippen LogP contribution >= 0.6 is 11.8 Å². The summed E-state index contributed by atoms with van der Waals surface area (Å²) in [5.74, 6) is -0.290. The number of rotatable bonds is 3. The molecule has 0 bridgehead atoms. The molecule has 19 heavy (non-hydrogen) atoms. The second-order valence-electron chi connectivity index (χ2n) is 4.66. The Hall–Kier alpha value is -1.33. The van der Waals surface area contributed by atoms with Gasteiger partial charge in [0.15, 0.2) is 0 Å². The molecule has 1 heterocycles. The maximum atomic E-state index is 13.6. The van der Waals surface area contributed by atoms with Crippen LogP contribution in [0.5, 0.6) is 0 Å². The van der Waals surface area contributed by atoms with Crippen molar-refractivity contribution in [1.29, 1.82) is 0 Å². The molecule has 0 aliphatic rings. The Balaban J connectivity index is 2.44. The Bertz CT molecular complexity index is 608. The van der Waals surface area contributed by atoms with E-state index in [1.807, 2.05) is 20.0 Å². The molecule has 0 saturated carbocycles. The van der Waals surface area contributed by atoms with Crippen molar-refractivity contribution in [2.75, 3.05) is 0 Å². The molecule has 1 atom stereocenters. The summed E-state index contributed by atoms with van der Waals surface area (Å²) in [6.07, 6.45) is -0.702. The standard InChI is InChI=1S/C14H17FN2OS/c1-8-5-13(11(10(3)18)7-12(8)15)19-14-6-9(2)16-17(14)4/h5-7,10,18H,1-4H3/t10-/m1/s1. The number of aryl methyl sites for hydroxylation is 3. The zero-order valence-corrected chi connectivity index (χ0v) is 12.3. The number of halogens is 1. The smallest absolute Gasteiger partial charge is 0.126 e. The van der Waals surface area contributed by atoms with E-state index >= 15 is 0 Å². The average Bonchev–Trinajstić information content (AvgIpc) is 2.62. The Morgan fingerprint density at radius 2 is 2.00 bits per heavy atom. The molecule has 0 aliphatic heterocycles. The molecule has 102 valence electrons. The normalized spacial score (nSPS) is 12.7. The minimum absolute atomic E-state index is 0.290. The fourth-order valence-corrected chi connectivity index (χ4v) is 3.09. The Kier molecular flexibility index (Phi) is 3.96. The number of benzene rings is 1. The van der Waals surface area contributed by atoms with Gasteiger partial charge in [0.1, 0.15) is 5.82 Å². The summed E-state index contributed by atoms with van der Waals surface area (Å²) in [6, 6.07) is 5.14. The van der Waals surface area contributed by atoms with Crippen LogP contribution in [0.4, 0.5) is 4.39 Å². The predicted octanol–water partition coefficient (Wildman–Crippen LogP) is 3.38. The summed E-state index contributed by atoms with van der Waals surface area (Å²) in [5, 5.41) is 15.0. The second-order valence-corrected chi connectivity index (χ2v) is 5.73. The average molecular weight is 280 g/mol. The van der Waals surface area contributed by atoms with E-state index in [9.17, 15) is 9.50 Å². The molecule has 0 amide bonds. The third kappa shape index (κ3) is 2.98. The predicted molar refractivity (Wildman–Crippen MR) is 73.8 cm³/mol. The van der Waals surface area contributed by atoms with Gasteiger partial charge in [-0.05, 0) is 50.1 Å². The van der Waals surface area contributed by atoms with Crippen molar-refractivity contribution >= 4 is 11.8 Å². The molecule has 0 fully saturated rings. The van der Waals surface area contributed by atoms with Gasteiger partial charge in [0.05, 0.1) is 16.8 Å². The Labute approximate surface area is 116 Å². The fourth-order valence-electron chi connectivity index (χ4n) is 1.88. The van der Waals surface area contributed by atoms with Gasteiger partial charge in [-0.3, -0.25) is 4.68 Å². The maximum absolute atomic E-state index is 13.6. The quantitative estimate of drug-likeness (QED) is 0.936. The van der Waals surface area contributed by atoms with E-state index in [0.29, 0.717) is 11.1 Å². The summed E-state index contributed by atoms with van der Waals surface area (Å²) in [6.45, 7) is 5.29. The minimum Gasteiger partial charge on any atom is -0.389 e. The molecule has 0 saturated heterocycles. The van der Waals surface area contributed by atoms with Gasteiger partial charge in [-0.1, -0.05) is 11.8 Å². The molecule has 5 heteroatoms. The van der Waals surface area contributed by atoms with E-state index in [0.717, 1.165) is 15.6 Å². The van der Waals surface area contributed by atoms with Crippen LogP contribution in [-0.2, 0) is 7.05 Å². The first-order chi connectivity index (χ1) is 8.88.